The maximum atomic E-state index is 5.80. The van der Waals surface area contributed by atoms with Crippen LogP contribution in [0.4, 0.5) is 5.69 Å². The van der Waals surface area contributed by atoms with E-state index < -0.39 is 0 Å². The summed E-state index contributed by atoms with van der Waals surface area (Å²) in [6.07, 6.45) is 2.42. The second kappa shape index (κ2) is 5.85. The summed E-state index contributed by atoms with van der Waals surface area (Å²) in [7, 11) is 2.13. The topological polar surface area (TPSA) is 42.2 Å². The van der Waals surface area contributed by atoms with Crippen molar-refractivity contribution in [3.05, 3.63) is 23.0 Å². The monoisotopic (exact) mass is 221 g/mol. The predicted molar refractivity (Wildman–Crippen MR) is 69.8 cm³/mol. The summed E-state index contributed by atoms with van der Waals surface area (Å²) in [5.41, 5.74) is 10.3. The summed E-state index contributed by atoms with van der Waals surface area (Å²) >= 11 is 0. The molecule has 1 rings (SSSR count). The van der Waals surface area contributed by atoms with Gasteiger partial charge in [0.15, 0.2) is 0 Å². The molecule has 0 amide bonds. The van der Waals surface area contributed by atoms with Gasteiger partial charge in [-0.15, -0.1) is 0 Å². The molecule has 0 bridgehead atoms. The molecule has 0 aromatic carbocycles. The third-order valence-corrected chi connectivity index (χ3v) is 2.90. The summed E-state index contributed by atoms with van der Waals surface area (Å²) in [4.78, 5) is 6.75. The van der Waals surface area contributed by atoms with E-state index in [1.165, 1.54) is 24.1 Å². The van der Waals surface area contributed by atoms with E-state index in [4.69, 9.17) is 5.73 Å². The Morgan fingerprint density at radius 3 is 2.62 bits per heavy atom. The highest BCUT2D eigenvalue weighted by Gasteiger charge is 2.10. The lowest BCUT2D eigenvalue weighted by Gasteiger charge is -2.23. The van der Waals surface area contributed by atoms with Crippen molar-refractivity contribution in [2.45, 2.75) is 40.2 Å². The largest absolute Gasteiger partial charge is 0.374 e. The van der Waals surface area contributed by atoms with Gasteiger partial charge in [0.2, 0.25) is 0 Å². The minimum absolute atomic E-state index is 0.560. The summed E-state index contributed by atoms with van der Waals surface area (Å²) in [5, 5.41) is 0. The molecule has 2 N–H and O–H groups in total. The molecule has 0 radical (unpaired) electrons. The fourth-order valence-corrected chi connectivity index (χ4v) is 1.94. The summed E-state index contributed by atoms with van der Waals surface area (Å²) < 4.78 is 0. The SMILES string of the molecule is CCCCN(C)c1cc(C)nc(C)c1CN. The molecule has 3 nitrogen and oxygen atoms in total. The van der Waals surface area contributed by atoms with Gasteiger partial charge in [0.05, 0.1) is 0 Å². The number of pyridine rings is 1. The number of anilines is 1. The lowest BCUT2D eigenvalue weighted by molar-refractivity contribution is 0.760. The normalized spacial score (nSPS) is 10.6. The van der Waals surface area contributed by atoms with Crippen LogP contribution in [-0.4, -0.2) is 18.6 Å². The van der Waals surface area contributed by atoms with Gasteiger partial charge in [-0.05, 0) is 26.3 Å². The van der Waals surface area contributed by atoms with Crippen molar-refractivity contribution in [3.8, 4) is 0 Å². The molecule has 1 aromatic heterocycles. The maximum absolute atomic E-state index is 5.80. The van der Waals surface area contributed by atoms with Crippen molar-refractivity contribution in [2.24, 2.45) is 5.73 Å². The van der Waals surface area contributed by atoms with Gasteiger partial charge in [0.1, 0.15) is 0 Å². The molecule has 0 saturated carbocycles. The fraction of sp³-hybridized carbons (Fsp3) is 0.615. The van der Waals surface area contributed by atoms with Gasteiger partial charge < -0.3 is 10.6 Å². The predicted octanol–water partition coefficient (Wildman–Crippen LogP) is 2.39. The molecule has 1 aromatic rings. The molecule has 16 heavy (non-hydrogen) atoms. The van der Waals surface area contributed by atoms with Crippen molar-refractivity contribution in [3.63, 3.8) is 0 Å². The number of nitrogens with zero attached hydrogens (tertiary/aromatic N) is 2. The van der Waals surface area contributed by atoms with Gasteiger partial charge in [0, 0.05) is 42.8 Å². The average molecular weight is 221 g/mol. The zero-order valence-corrected chi connectivity index (χ0v) is 10.9. The molecule has 3 heteroatoms. The molecule has 0 spiro atoms. The number of aryl methyl sites for hydroxylation is 2. The van der Waals surface area contributed by atoms with Crippen molar-refractivity contribution < 1.29 is 0 Å². The van der Waals surface area contributed by atoms with Crippen molar-refractivity contribution in [1.29, 1.82) is 0 Å². The Kier molecular flexibility index (Phi) is 4.74. The van der Waals surface area contributed by atoms with Crippen LogP contribution in [0, 0.1) is 13.8 Å². The Bertz CT molecular complexity index is 347. The first kappa shape index (κ1) is 13.0. The molecule has 0 aliphatic rings. The number of unbranched alkanes of at least 4 members (excludes halogenated alkanes) is 1. The van der Waals surface area contributed by atoms with Crippen LogP contribution in [0.3, 0.4) is 0 Å². The number of aromatic nitrogens is 1. The second-order valence-electron chi connectivity index (χ2n) is 4.33. The second-order valence-corrected chi connectivity index (χ2v) is 4.33. The van der Waals surface area contributed by atoms with E-state index in [1.807, 2.05) is 13.8 Å². The third-order valence-electron chi connectivity index (χ3n) is 2.90. The Hall–Kier alpha value is -1.09. The quantitative estimate of drug-likeness (QED) is 0.830. The highest BCUT2D eigenvalue weighted by atomic mass is 15.1. The van der Waals surface area contributed by atoms with Crippen LogP contribution in [0.15, 0.2) is 6.07 Å². The van der Waals surface area contributed by atoms with Crippen LogP contribution >= 0.6 is 0 Å². The lowest BCUT2D eigenvalue weighted by atomic mass is 10.1. The van der Waals surface area contributed by atoms with Gasteiger partial charge in [-0.25, -0.2) is 0 Å². The molecular weight excluding hydrogens is 198 g/mol. The van der Waals surface area contributed by atoms with Gasteiger partial charge in [-0.2, -0.15) is 0 Å². The lowest BCUT2D eigenvalue weighted by Crippen LogP contribution is -2.21. The molecule has 0 atom stereocenters. The smallest absolute Gasteiger partial charge is 0.0445 e. The minimum Gasteiger partial charge on any atom is -0.374 e. The van der Waals surface area contributed by atoms with E-state index in [9.17, 15) is 0 Å². The van der Waals surface area contributed by atoms with Gasteiger partial charge >= 0.3 is 0 Å². The van der Waals surface area contributed by atoms with Crippen LogP contribution in [-0.2, 0) is 6.54 Å². The average Bonchev–Trinajstić information content (AvgIpc) is 2.24. The molecule has 1 heterocycles. The van der Waals surface area contributed by atoms with Gasteiger partial charge in [-0.3, -0.25) is 4.98 Å². The van der Waals surface area contributed by atoms with Crippen LogP contribution in [0.25, 0.3) is 0 Å². The van der Waals surface area contributed by atoms with E-state index >= 15 is 0 Å². The number of hydrogen-bond donors (Lipinski definition) is 1. The Morgan fingerprint density at radius 2 is 2.06 bits per heavy atom. The number of hydrogen-bond acceptors (Lipinski definition) is 3. The van der Waals surface area contributed by atoms with Crippen molar-refractivity contribution in [1.82, 2.24) is 4.98 Å². The fourth-order valence-electron chi connectivity index (χ4n) is 1.94. The zero-order valence-electron chi connectivity index (χ0n) is 10.9. The minimum atomic E-state index is 0.560. The third kappa shape index (κ3) is 2.95. The Balaban J connectivity index is 3.00. The number of nitrogens with two attached hydrogens (primary N) is 1. The van der Waals surface area contributed by atoms with E-state index in [2.05, 4.69) is 29.9 Å². The molecular formula is C13H23N3. The van der Waals surface area contributed by atoms with E-state index in [0.29, 0.717) is 6.54 Å². The number of rotatable bonds is 5. The zero-order chi connectivity index (χ0) is 12.1. The van der Waals surface area contributed by atoms with Crippen LogP contribution in [0.5, 0.6) is 0 Å². The first-order chi connectivity index (χ1) is 7.60. The van der Waals surface area contributed by atoms with E-state index in [1.54, 1.807) is 0 Å². The Labute approximate surface area is 98.7 Å². The van der Waals surface area contributed by atoms with E-state index in [0.717, 1.165) is 17.9 Å². The molecule has 0 fully saturated rings. The van der Waals surface area contributed by atoms with Crippen LogP contribution in [0.1, 0.15) is 36.7 Å². The summed E-state index contributed by atoms with van der Waals surface area (Å²) in [6.45, 7) is 7.91. The standard InChI is InChI=1S/C13H23N3/c1-5-6-7-16(4)13-8-10(2)15-11(3)12(13)9-14/h8H,5-7,9,14H2,1-4H3. The maximum Gasteiger partial charge on any atom is 0.0445 e. The first-order valence-corrected chi connectivity index (χ1v) is 5.98. The van der Waals surface area contributed by atoms with Crippen LogP contribution in [0.2, 0.25) is 0 Å². The van der Waals surface area contributed by atoms with Crippen molar-refractivity contribution >= 4 is 5.69 Å². The molecule has 0 aliphatic heterocycles. The van der Waals surface area contributed by atoms with Crippen LogP contribution < -0.4 is 10.6 Å². The van der Waals surface area contributed by atoms with Gasteiger partial charge in [0.25, 0.3) is 0 Å². The van der Waals surface area contributed by atoms with E-state index in [-0.39, 0.29) is 0 Å². The molecule has 90 valence electrons. The summed E-state index contributed by atoms with van der Waals surface area (Å²) in [5.74, 6) is 0. The van der Waals surface area contributed by atoms with Crippen molar-refractivity contribution in [2.75, 3.05) is 18.5 Å². The highest BCUT2D eigenvalue weighted by Crippen LogP contribution is 2.22. The highest BCUT2D eigenvalue weighted by molar-refractivity contribution is 5.55. The molecule has 0 unspecified atom stereocenters. The van der Waals surface area contributed by atoms with Gasteiger partial charge in [-0.1, -0.05) is 13.3 Å². The molecule has 0 saturated heterocycles. The Morgan fingerprint density at radius 1 is 1.38 bits per heavy atom. The molecule has 0 aliphatic carbocycles. The summed E-state index contributed by atoms with van der Waals surface area (Å²) in [6, 6.07) is 2.13. The first-order valence-electron chi connectivity index (χ1n) is 5.98.